The first kappa shape index (κ1) is 12.6. The van der Waals surface area contributed by atoms with Crippen LogP contribution in [0.5, 0.6) is 0 Å². The minimum absolute atomic E-state index is 0.130. The Hall–Kier alpha value is -1.43. The van der Waals surface area contributed by atoms with E-state index in [0.29, 0.717) is 24.7 Å². The van der Waals surface area contributed by atoms with Crippen LogP contribution in [0.25, 0.3) is 0 Å². The van der Waals surface area contributed by atoms with E-state index >= 15 is 0 Å². The van der Waals surface area contributed by atoms with Crippen molar-refractivity contribution in [2.75, 3.05) is 6.54 Å². The molecule has 1 heterocycles. The molecule has 1 unspecified atom stereocenters. The highest BCUT2D eigenvalue weighted by Crippen LogP contribution is 1.99. The Kier molecular flexibility index (Phi) is 4.42. The smallest absolute Gasteiger partial charge is 0.237 e. The number of aromatic nitrogens is 2. The van der Waals surface area contributed by atoms with Gasteiger partial charge >= 0.3 is 0 Å². The van der Waals surface area contributed by atoms with Gasteiger partial charge < -0.3 is 15.6 Å². The largest absolute Gasteiger partial charge is 0.354 e. The van der Waals surface area contributed by atoms with Crippen LogP contribution >= 0.6 is 0 Å². The molecule has 1 amide bonds. The molecule has 0 aromatic carbocycles. The van der Waals surface area contributed by atoms with Gasteiger partial charge in [-0.3, -0.25) is 4.79 Å². The van der Waals surface area contributed by atoms with Crippen LogP contribution in [-0.4, -0.2) is 28.6 Å². The molecule has 1 rings (SSSR count). The van der Waals surface area contributed by atoms with Crippen molar-refractivity contribution in [2.45, 2.75) is 33.2 Å². The Balaban J connectivity index is 2.28. The van der Waals surface area contributed by atoms with Crippen molar-refractivity contribution in [3.8, 4) is 0 Å². The average Bonchev–Trinajstić information content (AvgIpc) is 2.62. The monoisotopic (exact) mass is 226 g/mol. The third-order valence-electron chi connectivity index (χ3n) is 2.23. The summed E-state index contributed by atoms with van der Waals surface area (Å²) in [4.78, 5) is 15.5. The summed E-state index contributed by atoms with van der Waals surface area (Å²) in [5, 5.41) is 6.38. The molecular formula is C10H18N4O2. The van der Waals surface area contributed by atoms with Gasteiger partial charge in [0.2, 0.25) is 11.8 Å². The van der Waals surface area contributed by atoms with Crippen LogP contribution in [0.15, 0.2) is 4.52 Å². The molecule has 1 aromatic rings. The molecule has 0 aliphatic rings. The second-order valence-electron chi connectivity index (χ2n) is 4.05. The predicted octanol–water partition coefficient (Wildman–Crippen LogP) is 0.0200. The maximum Gasteiger partial charge on any atom is 0.237 e. The molecule has 0 saturated carbocycles. The van der Waals surface area contributed by atoms with Gasteiger partial charge in [0.05, 0.1) is 6.04 Å². The van der Waals surface area contributed by atoms with Gasteiger partial charge in [-0.15, -0.1) is 0 Å². The maximum absolute atomic E-state index is 11.5. The summed E-state index contributed by atoms with van der Waals surface area (Å²) in [7, 11) is 0. The molecule has 1 aromatic heterocycles. The zero-order chi connectivity index (χ0) is 12.1. The third-order valence-corrected chi connectivity index (χ3v) is 2.23. The van der Waals surface area contributed by atoms with Crippen molar-refractivity contribution >= 4 is 5.91 Å². The molecule has 0 saturated heterocycles. The van der Waals surface area contributed by atoms with Crippen molar-refractivity contribution in [1.82, 2.24) is 15.5 Å². The van der Waals surface area contributed by atoms with Crippen LogP contribution in [-0.2, 0) is 11.2 Å². The summed E-state index contributed by atoms with van der Waals surface area (Å²) in [5.41, 5.74) is 5.68. The van der Waals surface area contributed by atoms with Gasteiger partial charge in [0.1, 0.15) is 0 Å². The Morgan fingerprint density at radius 1 is 1.56 bits per heavy atom. The zero-order valence-corrected chi connectivity index (χ0v) is 9.86. The fourth-order valence-electron chi connectivity index (χ4n) is 1.15. The molecule has 0 radical (unpaired) electrons. The molecule has 90 valence electrons. The molecule has 16 heavy (non-hydrogen) atoms. The molecule has 1 atom stereocenters. The van der Waals surface area contributed by atoms with Gasteiger partial charge in [-0.2, -0.15) is 4.98 Å². The van der Waals surface area contributed by atoms with Gasteiger partial charge in [0, 0.05) is 13.0 Å². The lowest BCUT2D eigenvalue weighted by Gasteiger charge is -2.14. The van der Waals surface area contributed by atoms with Gasteiger partial charge in [-0.1, -0.05) is 19.0 Å². The van der Waals surface area contributed by atoms with Crippen LogP contribution in [0.4, 0.5) is 0 Å². The zero-order valence-electron chi connectivity index (χ0n) is 9.86. The molecule has 0 bridgehead atoms. The van der Waals surface area contributed by atoms with Gasteiger partial charge in [0.25, 0.3) is 0 Å². The van der Waals surface area contributed by atoms with Crippen LogP contribution < -0.4 is 11.1 Å². The molecule has 6 nitrogen and oxygen atoms in total. The topological polar surface area (TPSA) is 94.0 Å². The second-order valence-corrected chi connectivity index (χ2v) is 4.05. The number of rotatable bonds is 5. The number of nitrogens with one attached hydrogen (secondary N) is 1. The van der Waals surface area contributed by atoms with Crippen LogP contribution in [0.3, 0.4) is 0 Å². The second kappa shape index (κ2) is 5.60. The van der Waals surface area contributed by atoms with Crippen LogP contribution in [0, 0.1) is 12.8 Å². The first-order valence-corrected chi connectivity index (χ1v) is 5.33. The number of carbonyl (C=O) groups excluding carboxylic acids is 1. The Bertz CT molecular complexity index is 348. The maximum atomic E-state index is 11.5. The molecule has 0 fully saturated rings. The quantitative estimate of drug-likeness (QED) is 0.738. The van der Waals surface area contributed by atoms with Crippen molar-refractivity contribution < 1.29 is 9.32 Å². The Morgan fingerprint density at radius 3 is 2.75 bits per heavy atom. The van der Waals surface area contributed by atoms with Crippen molar-refractivity contribution in [2.24, 2.45) is 11.7 Å². The van der Waals surface area contributed by atoms with E-state index in [2.05, 4.69) is 15.5 Å². The van der Waals surface area contributed by atoms with E-state index in [-0.39, 0.29) is 11.8 Å². The third kappa shape index (κ3) is 3.62. The van der Waals surface area contributed by atoms with Crippen LogP contribution in [0.1, 0.15) is 25.6 Å². The number of aryl methyl sites for hydroxylation is 1. The van der Waals surface area contributed by atoms with E-state index in [0.717, 1.165) is 0 Å². The fourth-order valence-corrected chi connectivity index (χ4v) is 1.15. The number of carbonyl (C=O) groups is 1. The summed E-state index contributed by atoms with van der Waals surface area (Å²) in [6.45, 7) is 6.03. The number of hydrogen-bond acceptors (Lipinski definition) is 5. The summed E-state index contributed by atoms with van der Waals surface area (Å²) in [6, 6.07) is -0.468. The van der Waals surface area contributed by atoms with Gasteiger partial charge in [-0.05, 0) is 12.8 Å². The number of nitrogens with zero attached hydrogens (tertiary/aromatic N) is 2. The highest BCUT2D eigenvalue weighted by atomic mass is 16.5. The SMILES string of the molecule is Cc1noc(CCNC(=O)C(N)C(C)C)n1. The molecular weight excluding hydrogens is 208 g/mol. The van der Waals surface area contributed by atoms with Crippen molar-refractivity contribution in [3.05, 3.63) is 11.7 Å². The number of hydrogen-bond donors (Lipinski definition) is 2. The standard InChI is InChI=1S/C10H18N4O2/c1-6(2)9(11)10(15)12-5-4-8-13-7(3)14-16-8/h6,9H,4-5,11H2,1-3H3,(H,12,15). The lowest BCUT2D eigenvalue weighted by atomic mass is 10.1. The first-order valence-electron chi connectivity index (χ1n) is 5.33. The Labute approximate surface area is 94.6 Å². The minimum atomic E-state index is -0.468. The lowest BCUT2D eigenvalue weighted by Crippen LogP contribution is -2.44. The lowest BCUT2D eigenvalue weighted by molar-refractivity contribution is -0.123. The summed E-state index contributed by atoms with van der Waals surface area (Å²) in [5.74, 6) is 1.10. The first-order chi connectivity index (χ1) is 7.50. The molecule has 3 N–H and O–H groups in total. The normalized spacial score (nSPS) is 12.8. The van der Waals surface area contributed by atoms with E-state index in [1.807, 2.05) is 13.8 Å². The minimum Gasteiger partial charge on any atom is -0.354 e. The highest BCUT2D eigenvalue weighted by molar-refractivity contribution is 5.81. The average molecular weight is 226 g/mol. The Morgan fingerprint density at radius 2 is 2.25 bits per heavy atom. The molecule has 0 aliphatic heterocycles. The van der Waals surface area contributed by atoms with E-state index in [1.54, 1.807) is 6.92 Å². The summed E-state index contributed by atoms with van der Waals surface area (Å²) < 4.78 is 4.91. The number of amides is 1. The van der Waals surface area contributed by atoms with Crippen molar-refractivity contribution in [3.63, 3.8) is 0 Å². The highest BCUT2D eigenvalue weighted by Gasteiger charge is 2.16. The number of nitrogens with two attached hydrogens (primary N) is 1. The van der Waals surface area contributed by atoms with Gasteiger partial charge in [-0.25, -0.2) is 0 Å². The summed E-state index contributed by atoms with van der Waals surface area (Å²) >= 11 is 0. The van der Waals surface area contributed by atoms with E-state index in [9.17, 15) is 4.79 Å². The van der Waals surface area contributed by atoms with Crippen LogP contribution in [0.2, 0.25) is 0 Å². The van der Waals surface area contributed by atoms with E-state index < -0.39 is 6.04 Å². The van der Waals surface area contributed by atoms with Gasteiger partial charge in [0.15, 0.2) is 5.82 Å². The predicted molar refractivity (Wildman–Crippen MR) is 58.6 cm³/mol. The summed E-state index contributed by atoms with van der Waals surface area (Å²) in [6.07, 6.45) is 0.525. The van der Waals surface area contributed by atoms with E-state index in [1.165, 1.54) is 0 Å². The molecule has 0 aliphatic carbocycles. The van der Waals surface area contributed by atoms with E-state index in [4.69, 9.17) is 10.3 Å². The molecule has 6 heteroatoms. The molecule has 0 spiro atoms. The van der Waals surface area contributed by atoms with Crippen molar-refractivity contribution in [1.29, 1.82) is 0 Å². The fraction of sp³-hybridized carbons (Fsp3) is 0.700.